The number of para-hydroxylation sites is 1. The summed E-state index contributed by atoms with van der Waals surface area (Å²) >= 11 is 0. The molecule has 7 rings (SSSR count). The molecule has 200 valence electrons. The minimum absolute atomic E-state index is 0.609. The van der Waals surface area contributed by atoms with E-state index in [0.29, 0.717) is 22.7 Å². The van der Waals surface area contributed by atoms with E-state index in [-0.39, 0.29) is 0 Å². The van der Waals surface area contributed by atoms with Gasteiger partial charge in [-0.15, -0.1) is 0 Å². The van der Waals surface area contributed by atoms with Crippen molar-refractivity contribution < 1.29 is 17.7 Å². The molecule has 1 unspecified atom stereocenters. The summed E-state index contributed by atoms with van der Waals surface area (Å²) in [7, 11) is -0.266. The molecule has 1 aromatic heterocycles. The van der Waals surface area contributed by atoms with Crippen molar-refractivity contribution >= 4 is 41.0 Å². The summed E-state index contributed by atoms with van der Waals surface area (Å²) in [5.74, 6) is 1.34. The van der Waals surface area contributed by atoms with Crippen LogP contribution in [0.25, 0.3) is 55.0 Å². The van der Waals surface area contributed by atoms with Gasteiger partial charge in [0.25, 0.3) is 0 Å². The zero-order chi connectivity index (χ0) is 27.8. The third-order valence-electron chi connectivity index (χ3n) is 7.27. The van der Waals surface area contributed by atoms with Crippen LogP contribution in [0.2, 0.25) is 0 Å². The van der Waals surface area contributed by atoms with Gasteiger partial charge in [0.2, 0.25) is 0 Å². The molecule has 1 heterocycles. The first-order valence-electron chi connectivity index (χ1n) is 13.5. The normalized spacial score (nSPS) is 11.6. The van der Waals surface area contributed by atoms with E-state index in [1.165, 1.54) is 0 Å². The van der Waals surface area contributed by atoms with Crippen LogP contribution in [0.4, 0.5) is 0 Å². The van der Waals surface area contributed by atoms with Crippen LogP contribution in [-0.2, 0) is 0 Å². The second kappa shape index (κ2) is 10.6. The maximum atomic E-state index is 6.83. The van der Waals surface area contributed by atoms with Gasteiger partial charge in [-0.05, 0) is 52.6 Å². The van der Waals surface area contributed by atoms with E-state index in [0.717, 1.165) is 49.4 Å². The number of fused-ring (bicyclic) bond motifs is 5. The van der Waals surface area contributed by atoms with Crippen LogP contribution in [0.5, 0.6) is 11.5 Å². The Morgan fingerprint density at radius 1 is 0.610 bits per heavy atom. The third-order valence-corrected chi connectivity index (χ3v) is 8.28. The number of hydrogen-bond donors (Lipinski definition) is 0. The van der Waals surface area contributed by atoms with Crippen molar-refractivity contribution in [3.8, 4) is 33.8 Å². The largest absolute Gasteiger partial charge is 0.493 e. The smallest absolute Gasteiger partial charge is 0.453 e. The molecule has 5 heteroatoms. The van der Waals surface area contributed by atoms with Gasteiger partial charge in [0.15, 0.2) is 17.1 Å². The summed E-state index contributed by atoms with van der Waals surface area (Å²) in [6.45, 7) is 2.06. The van der Waals surface area contributed by atoms with Gasteiger partial charge >= 0.3 is 8.24 Å². The first-order chi connectivity index (χ1) is 20.2. The molecule has 1 atom stereocenters. The summed E-state index contributed by atoms with van der Waals surface area (Å²) in [6, 6.07) is 43.2. The van der Waals surface area contributed by atoms with Crippen LogP contribution in [0.3, 0.4) is 0 Å². The first-order valence-corrected chi connectivity index (χ1v) is 14.6. The highest BCUT2D eigenvalue weighted by molar-refractivity contribution is 7.32. The van der Waals surface area contributed by atoms with Gasteiger partial charge < -0.3 is 17.7 Å². The highest BCUT2D eigenvalue weighted by Gasteiger charge is 2.19. The lowest BCUT2D eigenvalue weighted by molar-refractivity contribution is 0.410. The SMILES string of the molecule is COc1cc(C)cc2c1op(Oc1c(-c3ccccc3)cccc1-c1ccccc1)oc1ccc3ccccc3c12. The molecule has 0 bridgehead atoms. The number of rotatable bonds is 5. The Balaban J connectivity index is 1.55. The molecule has 41 heavy (non-hydrogen) atoms. The van der Waals surface area contributed by atoms with E-state index < -0.39 is 8.24 Å². The minimum atomic E-state index is -1.93. The highest BCUT2D eigenvalue weighted by atomic mass is 31.1. The Bertz CT molecular complexity index is 2010. The molecule has 7 aromatic rings. The maximum absolute atomic E-state index is 6.83. The molecule has 4 nitrogen and oxygen atoms in total. The Morgan fingerprint density at radius 2 is 1.27 bits per heavy atom. The molecule has 0 saturated heterocycles. The van der Waals surface area contributed by atoms with E-state index >= 15 is 0 Å². The van der Waals surface area contributed by atoms with Crippen molar-refractivity contribution in [1.82, 2.24) is 0 Å². The molecule has 0 fully saturated rings. The Hall–Kier alpha value is -4.92. The second-order valence-corrected chi connectivity index (χ2v) is 10.9. The molecule has 0 saturated carbocycles. The fraction of sp³-hybridized carbons (Fsp3) is 0.0556. The monoisotopic (exact) mass is 554 g/mol. The molecule has 0 spiro atoms. The lowest BCUT2D eigenvalue weighted by Crippen LogP contribution is -1.90. The first kappa shape index (κ1) is 25.1. The topological polar surface area (TPSA) is 44.7 Å². The number of ether oxygens (including phenoxy) is 1. The predicted molar refractivity (Wildman–Crippen MR) is 168 cm³/mol. The van der Waals surface area contributed by atoms with E-state index in [1.54, 1.807) is 7.11 Å². The van der Waals surface area contributed by atoms with Gasteiger partial charge in [0, 0.05) is 21.9 Å². The lowest BCUT2D eigenvalue weighted by Gasteiger charge is -2.14. The molecule has 0 amide bonds. The van der Waals surface area contributed by atoms with Crippen molar-refractivity contribution in [2.24, 2.45) is 0 Å². The van der Waals surface area contributed by atoms with Gasteiger partial charge in [0.1, 0.15) is 5.58 Å². The van der Waals surface area contributed by atoms with Crippen molar-refractivity contribution in [2.75, 3.05) is 7.11 Å². The van der Waals surface area contributed by atoms with Crippen molar-refractivity contribution in [2.45, 2.75) is 6.92 Å². The summed E-state index contributed by atoms with van der Waals surface area (Å²) in [4.78, 5) is 0. The average molecular weight is 555 g/mol. The summed E-state index contributed by atoms with van der Waals surface area (Å²) < 4.78 is 25.9. The molecular weight excluding hydrogens is 527 g/mol. The van der Waals surface area contributed by atoms with Crippen molar-refractivity contribution in [1.29, 1.82) is 0 Å². The number of benzene rings is 6. The Morgan fingerprint density at radius 3 is 1.95 bits per heavy atom. The van der Waals surface area contributed by atoms with E-state index in [2.05, 4.69) is 73.7 Å². The summed E-state index contributed by atoms with van der Waals surface area (Å²) in [6.07, 6.45) is 0. The number of methoxy groups -OCH3 is 1. The van der Waals surface area contributed by atoms with E-state index in [4.69, 9.17) is 17.7 Å². The average Bonchev–Trinajstić information content (AvgIpc) is 3.18. The fourth-order valence-electron chi connectivity index (χ4n) is 5.39. The predicted octanol–water partition coefficient (Wildman–Crippen LogP) is 10.9. The van der Waals surface area contributed by atoms with E-state index in [9.17, 15) is 0 Å². The summed E-state index contributed by atoms with van der Waals surface area (Å²) in [5, 5.41) is 4.08. The molecule has 0 aliphatic heterocycles. The minimum Gasteiger partial charge on any atom is -0.493 e. The van der Waals surface area contributed by atoms with Crippen LogP contribution in [0.1, 0.15) is 5.56 Å². The van der Waals surface area contributed by atoms with Crippen LogP contribution in [-0.4, -0.2) is 7.11 Å². The van der Waals surface area contributed by atoms with Gasteiger partial charge in [0.05, 0.1) is 7.11 Å². The van der Waals surface area contributed by atoms with Gasteiger partial charge in [-0.1, -0.05) is 109 Å². The molecule has 0 N–H and O–H groups in total. The number of aryl methyl sites for hydroxylation is 1. The zero-order valence-corrected chi connectivity index (χ0v) is 23.6. The van der Waals surface area contributed by atoms with Gasteiger partial charge in [-0.3, -0.25) is 0 Å². The quantitative estimate of drug-likeness (QED) is 0.212. The molecule has 6 aromatic carbocycles. The van der Waals surface area contributed by atoms with E-state index in [1.807, 2.05) is 60.7 Å². The van der Waals surface area contributed by atoms with Crippen LogP contribution in [0.15, 0.2) is 136 Å². The molecule has 0 aliphatic carbocycles. The number of hydrogen-bond acceptors (Lipinski definition) is 4. The highest BCUT2D eigenvalue weighted by Crippen LogP contribution is 2.47. The standard InChI is InChI=1S/C36H27O4P/c1-24-22-31-34-28-17-10-9-16-27(28)20-21-32(34)38-41(40-36(31)33(23-24)37-2)39-35-29(25-12-5-3-6-13-25)18-11-19-30(35)26-14-7-4-8-15-26/h3-23H,1-2H3. The second-order valence-electron chi connectivity index (χ2n) is 9.92. The van der Waals surface area contributed by atoms with Gasteiger partial charge in [-0.2, -0.15) is 0 Å². The molecule has 0 radical (unpaired) electrons. The van der Waals surface area contributed by atoms with Crippen LogP contribution in [0, 0.1) is 6.92 Å². The van der Waals surface area contributed by atoms with Crippen molar-refractivity contribution in [3.63, 3.8) is 0 Å². The van der Waals surface area contributed by atoms with Gasteiger partial charge in [-0.25, -0.2) is 0 Å². The van der Waals surface area contributed by atoms with Crippen LogP contribution < -0.4 is 9.26 Å². The van der Waals surface area contributed by atoms with Crippen molar-refractivity contribution in [3.05, 3.63) is 133 Å². The molecule has 0 aliphatic rings. The molecular formula is C36H27O4P. The van der Waals surface area contributed by atoms with Crippen LogP contribution >= 0.6 is 8.24 Å². The zero-order valence-electron chi connectivity index (χ0n) is 22.7. The fourth-order valence-corrected chi connectivity index (χ4v) is 6.50. The Labute approximate surface area is 239 Å². The maximum Gasteiger partial charge on any atom is 0.453 e. The third kappa shape index (κ3) is 4.63. The Kier molecular flexibility index (Phi) is 6.47. The summed E-state index contributed by atoms with van der Waals surface area (Å²) in [5.41, 5.74) is 6.39. The lowest BCUT2D eigenvalue weighted by atomic mass is 9.97.